The van der Waals surface area contributed by atoms with E-state index in [1.54, 1.807) is 12.3 Å². The summed E-state index contributed by atoms with van der Waals surface area (Å²) in [6, 6.07) is 3.70. The van der Waals surface area contributed by atoms with E-state index in [0.29, 0.717) is 5.82 Å². The second-order valence-corrected chi connectivity index (χ2v) is 4.53. The van der Waals surface area contributed by atoms with Gasteiger partial charge in [0.05, 0.1) is 0 Å². The number of nitrogens with one attached hydrogen (secondary N) is 1. The molecule has 0 aliphatic heterocycles. The highest BCUT2D eigenvalue weighted by Gasteiger charge is 2.16. The maximum Gasteiger partial charge on any atom is 0.413 e. The van der Waals surface area contributed by atoms with Crippen molar-refractivity contribution in [3.8, 4) is 0 Å². The minimum absolute atomic E-state index is 0.482. The Morgan fingerprint density at radius 3 is 2.56 bits per heavy atom. The van der Waals surface area contributed by atoms with Crippen LogP contribution in [0, 0.1) is 0 Å². The number of amides is 1. The Balaban J connectivity index is 2.56. The molecule has 1 aromatic heterocycles. The van der Waals surface area contributed by atoms with E-state index in [1.807, 2.05) is 26.8 Å². The van der Waals surface area contributed by atoms with E-state index >= 15 is 0 Å². The lowest BCUT2D eigenvalue weighted by atomic mass is 10.2. The van der Waals surface area contributed by atoms with Crippen molar-refractivity contribution in [1.29, 1.82) is 0 Å². The van der Waals surface area contributed by atoms with Crippen molar-refractivity contribution in [3.63, 3.8) is 0 Å². The van der Waals surface area contributed by atoms with Crippen LogP contribution in [0.15, 0.2) is 18.3 Å². The number of aromatic nitrogens is 1. The van der Waals surface area contributed by atoms with Crippen LogP contribution >= 0.6 is 0 Å². The molecule has 0 spiro atoms. The Bertz CT molecular complexity index is 352. The summed E-state index contributed by atoms with van der Waals surface area (Å²) in [6.07, 6.45) is 2.19. The molecule has 0 atom stereocenters. The molecule has 4 heteroatoms. The maximum absolute atomic E-state index is 11.4. The summed E-state index contributed by atoms with van der Waals surface area (Å²) in [5, 5.41) is 2.58. The monoisotopic (exact) mass is 222 g/mol. The molecule has 88 valence electrons. The molecule has 0 aliphatic carbocycles. The first-order valence-electron chi connectivity index (χ1n) is 5.35. The Morgan fingerprint density at radius 2 is 2.12 bits per heavy atom. The van der Waals surface area contributed by atoms with E-state index in [0.717, 1.165) is 12.0 Å². The van der Waals surface area contributed by atoms with Crippen LogP contribution in [0.4, 0.5) is 10.6 Å². The second-order valence-electron chi connectivity index (χ2n) is 4.53. The van der Waals surface area contributed by atoms with Gasteiger partial charge in [-0.15, -0.1) is 0 Å². The molecular formula is C12H18N2O2. The van der Waals surface area contributed by atoms with Crippen LogP contribution in [0.25, 0.3) is 0 Å². The maximum atomic E-state index is 11.4. The number of hydrogen-bond acceptors (Lipinski definition) is 3. The second kappa shape index (κ2) is 4.96. The van der Waals surface area contributed by atoms with Gasteiger partial charge < -0.3 is 4.74 Å². The van der Waals surface area contributed by atoms with Crippen molar-refractivity contribution in [1.82, 2.24) is 4.98 Å². The summed E-state index contributed by atoms with van der Waals surface area (Å²) in [5.74, 6) is 0.506. The van der Waals surface area contributed by atoms with Crippen molar-refractivity contribution < 1.29 is 9.53 Å². The Hall–Kier alpha value is -1.58. The van der Waals surface area contributed by atoms with Crippen LogP contribution in [-0.4, -0.2) is 16.7 Å². The fourth-order valence-corrected chi connectivity index (χ4v) is 1.12. The van der Waals surface area contributed by atoms with Crippen molar-refractivity contribution in [2.45, 2.75) is 39.7 Å². The molecule has 4 nitrogen and oxygen atoms in total. The number of hydrogen-bond donors (Lipinski definition) is 1. The standard InChI is InChI=1S/C12H18N2O2/c1-5-9-6-7-10(13-8-9)14-11(15)16-12(2,3)4/h6-8H,5H2,1-4H3,(H,13,14,15). The van der Waals surface area contributed by atoms with E-state index in [2.05, 4.69) is 17.2 Å². The number of anilines is 1. The van der Waals surface area contributed by atoms with E-state index in [-0.39, 0.29) is 0 Å². The molecule has 1 N–H and O–H groups in total. The van der Waals surface area contributed by atoms with Crippen LogP contribution in [0.5, 0.6) is 0 Å². The SMILES string of the molecule is CCc1ccc(NC(=O)OC(C)(C)C)nc1. The normalized spacial score (nSPS) is 11.0. The molecule has 0 saturated heterocycles. The first-order valence-corrected chi connectivity index (χ1v) is 5.35. The Morgan fingerprint density at radius 1 is 1.44 bits per heavy atom. The number of pyridine rings is 1. The third kappa shape index (κ3) is 4.29. The molecular weight excluding hydrogens is 204 g/mol. The zero-order valence-corrected chi connectivity index (χ0v) is 10.2. The highest BCUT2D eigenvalue weighted by molar-refractivity contribution is 5.83. The Kier molecular flexibility index (Phi) is 3.88. The van der Waals surface area contributed by atoms with Gasteiger partial charge >= 0.3 is 6.09 Å². The predicted octanol–water partition coefficient (Wildman–Crippen LogP) is 2.99. The van der Waals surface area contributed by atoms with E-state index in [9.17, 15) is 4.79 Å². The van der Waals surface area contributed by atoms with Gasteiger partial charge in [-0.25, -0.2) is 9.78 Å². The predicted molar refractivity (Wildman–Crippen MR) is 63.5 cm³/mol. The summed E-state index contributed by atoms with van der Waals surface area (Å²) in [4.78, 5) is 15.5. The topological polar surface area (TPSA) is 51.2 Å². The lowest BCUT2D eigenvalue weighted by Crippen LogP contribution is -2.27. The molecule has 1 rings (SSSR count). The zero-order valence-electron chi connectivity index (χ0n) is 10.2. The van der Waals surface area contributed by atoms with E-state index in [4.69, 9.17) is 4.74 Å². The van der Waals surface area contributed by atoms with Crippen molar-refractivity contribution >= 4 is 11.9 Å². The molecule has 1 amide bonds. The van der Waals surface area contributed by atoms with E-state index in [1.165, 1.54) is 0 Å². The van der Waals surface area contributed by atoms with Crippen molar-refractivity contribution in [2.75, 3.05) is 5.32 Å². The molecule has 16 heavy (non-hydrogen) atoms. The molecule has 0 saturated carbocycles. The van der Waals surface area contributed by atoms with Gasteiger partial charge in [-0.1, -0.05) is 13.0 Å². The summed E-state index contributed by atoms with van der Waals surface area (Å²) < 4.78 is 5.11. The highest BCUT2D eigenvalue weighted by atomic mass is 16.6. The van der Waals surface area contributed by atoms with Crippen LogP contribution < -0.4 is 5.32 Å². The summed E-state index contributed by atoms with van der Waals surface area (Å²) in [6.45, 7) is 7.51. The first kappa shape index (κ1) is 12.5. The largest absolute Gasteiger partial charge is 0.444 e. The minimum Gasteiger partial charge on any atom is -0.444 e. The van der Waals surface area contributed by atoms with Crippen LogP contribution in [-0.2, 0) is 11.2 Å². The average molecular weight is 222 g/mol. The molecule has 1 aromatic rings. The van der Waals surface area contributed by atoms with Crippen LogP contribution in [0.3, 0.4) is 0 Å². The van der Waals surface area contributed by atoms with Gasteiger partial charge in [0.15, 0.2) is 0 Å². The fraction of sp³-hybridized carbons (Fsp3) is 0.500. The third-order valence-corrected chi connectivity index (χ3v) is 1.86. The summed E-state index contributed by atoms with van der Waals surface area (Å²) in [7, 11) is 0. The van der Waals surface area contributed by atoms with Crippen molar-refractivity contribution in [2.24, 2.45) is 0 Å². The summed E-state index contributed by atoms with van der Waals surface area (Å²) >= 11 is 0. The number of rotatable bonds is 2. The molecule has 0 bridgehead atoms. The van der Waals surface area contributed by atoms with Gasteiger partial charge in [0.25, 0.3) is 0 Å². The van der Waals surface area contributed by atoms with Crippen LogP contribution in [0.1, 0.15) is 33.3 Å². The smallest absolute Gasteiger partial charge is 0.413 e. The number of nitrogens with zero attached hydrogens (tertiary/aromatic N) is 1. The van der Waals surface area contributed by atoms with Gasteiger partial charge in [0.2, 0.25) is 0 Å². The van der Waals surface area contributed by atoms with Crippen molar-refractivity contribution in [3.05, 3.63) is 23.9 Å². The van der Waals surface area contributed by atoms with Gasteiger partial charge in [0, 0.05) is 6.20 Å². The first-order chi connectivity index (χ1) is 7.40. The molecule has 0 unspecified atom stereocenters. The molecule has 0 fully saturated rings. The van der Waals surface area contributed by atoms with Gasteiger partial charge in [0.1, 0.15) is 11.4 Å². The fourth-order valence-electron chi connectivity index (χ4n) is 1.12. The molecule has 0 aliphatic rings. The zero-order chi connectivity index (χ0) is 12.2. The molecule has 1 heterocycles. The number of carbonyl (C=O) groups excluding carboxylic acids is 1. The Labute approximate surface area is 96.0 Å². The average Bonchev–Trinajstić information content (AvgIpc) is 2.16. The number of ether oxygens (including phenoxy) is 1. The lowest BCUT2D eigenvalue weighted by Gasteiger charge is -2.19. The third-order valence-electron chi connectivity index (χ3n) is 1.86. The molecule has 0 aromatic carbocycles. The molecule has 0 radical (unpaired) electrons. The van der Waals surface area contributed by atoms with Gasteiger partial charge in [-0.3, -0.25) is 5.32 Å². The van der Waals surface area contributed by atoms with Gasteiger partial charge in [-0.2, -0.15) is 0 Å². The highest BCUT2D eigenvalue weighted by Crippen LogP contribution is 2.10. The summed E-state index contributed by atoms with van der Waals surface area (Å²) in [5.41, 5.74) is 0.641. The lowest BCUT2D eigenvalue weighted by molar-refractivity contribution is 0.0635. The number of aryl methyl sites for hydroxylation is 1. The van der Waals surface area contributed by atoms with Crippen LogP contribution in [0.2, 0.25) is 0 Å². The minimum atomic E-state index is -0.493. The number of carbonyl (C=O) groups is 1. The quantitative estimate of drug-likeness (QED) is 0.836. The van der Waals surface area contributed by atoms with Gasteiger partial charge in [-0.05, 0) is 38.8 Å². The van der Waals surface area contributed by atoms with E-state index < -0.39 is 11.7 Å².